The first kappa shape index (κ1) is 21.9. The van der Waals surface area contributed by atoms with Crippen molar-refractivity contribution >= 4 is 41.7 Å². The van der Waals surface area contributed by atoms with Crippen LogP contribution < -0.4 is 10.6 Å². The normalized spacial score (nSPS) is 13.7. The SMILES string of the molecule is CCNC(=NCc1ccc(SC)cc1)NCC(C)(O)c1ccco1.I. The molecule has 1 heterocycles. The Morgan fingerprint density at radius 1 is 1.24 bits per heavy atom. The lowest BCUT2D eigenvalue weighted by molar-refractivity contribution is 0.0386. The Bertz CT molecular complexity index is 643. The van der Waals surface area contributed by atoms with Gasteiger partial charge in [0.1, 0.15) is 11.4 Å². The van der Waals surface area contributed by atoms with Crippen LogP contribution in [0.25, 0.3) is 0 Å². The van der Waals surface area contributed by atoms with Crippen LogP contribution in [0.5, 0.6) is 0 Å². The van der Waals surface area contributed by atoms with Crippen molar-refractivity contribution in [3.63, 3.8) is 0 Å². The molecule has 1 aromatic heterocycles. The minimum atomic E-state index is -1.10. The number of guanidine groups is 1. The van der Waals surface area contributed by atoms with E-state index in [0.29, 0.717) is 24.8 Å². The third-order valence-electron chi connectivity index (χ3n) is 3.58. The molecule has 138 valence electrons. The summed E-state index contributed by atoms with van der Waals surface area (Å²) in [4.78, 5) is 5.81. The van der Waals surface area contributed by atoms with Gasteiger partial charge >= 0.3 is 0 Å². The van der Waals surface area contributed by atoms with Gasteiger partial charge in [-0.1, -0.05) is 12.1 Å². The van der Waals surface area contributed by atoms with Crippen LogP contribution in [0.4, 0.5) is 0 Å². The van der Waals surface area contributed by atoms with E-state index >= 15 is 0 Å². The average molecular weight is 475 g/mol. The fourth-order valence-corrected chi connectivity index (χ4v) is 2.58. The predicted octanol–water partition coefficient (Wildman–Crippen LogP) is 3.58. The number of thioether (sulfide) groups is 1. The van der Waals surface area contributed by atoms with Crippen molar-refractivity contribution in [1.29, 1.82) is 0 Å². The number of aliphatic imine (C=N–C) groups is 1. The van der Waals surface area contributed by atoms with Gasteiger partial charge in [-0.05, 0) is 49.9 Å². The van der Waals surface area contributed by atoms with Crippen LogP contribution in [0.3, 0.4) is 0 Å². The van der Waals surface area contributed by atoms with Crippen molar-refractivity contribution in [3.05, 3.63) is 54.0 Å². The monoisotopic (exact) mass is 475 g/mol. The van der Waals surface area contributed by atoms with E-state index in [1.54, 1.807) is 37.1 Å². The van der Waals surface area contributed by atoms with E-state index in [9.17, 15) is 5.11 Å². The molecule has 0 bridgehead atoms. The second kappa shape index (κ2) is 10.7. The van der Waals surface area contributed by atoms with Gasteiger partial charge in [-0.25, -0.2) is 4.99 Å². The number of benzene rings is 1. The number of halogens is 1. The summed E-state index contributed by atoms with van der Waals surface area (Å²) in [5.74, 6) is 1.19. The maximum absolute atomic E-state index is 10.5. The first-order valence-corrected chi connectivity index (χ1v) is 9.19. The van der Waals surface area contributed by atoms with Gasteiger partial charge in [0.25, 0.3) is 0 Å². The second-order valence-corrected chi connectivity index (χ2v) is 6.53. The minimum Gasteiger partial charge on any atom is -0.466 e. The lowest BCUT2D eigenvalue weighted by Gasteiger charge is -2.22. The fraction of sp³-hybridized carbons (Fsp3) is 0.389. The molecular formula is C18H26IN3O2S. The highest BCUT2D eigenvalue weighted by molar-refractivity contribution is 14.0. The summed E-state index contributed by atoms with van der Waals surface area (Å²) in [6.07, 6.45) is 3.62. The summed E-state index contributed by atoms with van der Waals surface area (Å²) in [6, 6.07) is 11.9. The van der Waals surface area contributed by atoms with Crippen LogP contribution in [-0.4, -0.2) is 30.4 Å². The minimum absolute atomic E-state index is 0. The molecule has 5 nitrogen and oxygen atoms in total. The van der Waals surface area contributed by atoms with E-state index in [1.807, 2.05) is 6.92 Å². The molecule has 0 aliphatic heterocycles. The Hall–Kier alpha value is -1.19. The Labute approximate surface area is 170 Å². The second-order valence-electron chi connectivity index (χ2n) is 5.65. The quantitative estimate of drug-likeness (QED) is 0.247. The highest BCUT2D eigenvalue weighted by Crippen LogP contribution is 2.19. The van der Waals surface area contributed by atoms with Gasteiger partial charge in [-0.2, -0.15) is 0 Å². The standard InChI is InChI=1S/C18H25N3O2S.HI/c1-4-19-17(20-12-14-7-9-15(24-3)10-8-14)21-13-18(2,22)16-6-5-11-23-16;/h5-11,22H,4,12-13H2,1-3H3,(H2,19,20,21);1H. The largest absolute Gasteiger partial charge is 0.466 e. The van der Waals surface area contributed by atoms with Gasteiger partial charge in [-0.3, -0.25) is 0 Å². The molecule has 1 aromatic carbocycles. The number of hydrogen-bond donors (Lipinski definition) is 3. The smallest absolute Gasteiger partial charge is 0.191 e. The van der Waals surface area contributed by atoms with Gasteiger partial charge in [-0.15, -0.1) is 35.7 Å². The van der Waals surface area contributed by atoms with Crippen LogP contribution >= 0.6 is 35.7 Å². The van der Waals surface area contributed by atoms with Crippen LogP contribution in [0, 0.1) is 0 Å². The topological polar surface area (TPSA) is 69.8 Å². The summed E-state index contributed by atoms with van der Waals surface area (Å²) in [6.45, 7) is 5.35. The zero-order valence-electron chi connectivity index (χ0n) is 14.8. The van der Waals surface area contributed by atoms with Gasteiger partial charge < -0.3 is 20.2 Å². The van der Waals surface area contributed by atoms with Crippen LogP contribution in [0.15, 0.2) is 57.0 Å². The molecule has 0 saturated heterocycles. The first-order valence-electron chi connectivity index (χ1n) is 7.96. The fourth-order valence-electron chi connectivity index (χ4n) is 2.17. The third kappa shape index (κ3) is 6.91. The molecule has 0 saturated carbocycles. The Kier molecular flexibility index (Phi) is 9.37. The van der Waals surface area contributed by atoms with E-state index in [2.05, 4.69) is 46.1 Å². The maximum Gasteiger partial charge on any atom is 0.191 e. The molecule has 0 amide bonds. The van der Waals surface area contributed by atoms with Crippen LogP contribution in [0.2, 0.25) is 0 Å². The molecule has 0 spiro atoms. The molecule has 0 aliphatic rings. The summed E-state index contributed by atoms with van der Waals surface area (Å²) in [7, 11) is 0. The van der Waals surface area contributed by atoms with Gasteiger partial charge in [0.2, 0.25) is 0 Å². The predicted molar refractivity (Wildman–Crippen MR) is 115 cm³/mol. The van der Waals surface area contributed by atoms with Crippen LogP contribution in [-0.2, 0) is 12.1 Å². The van der Waals surface area contributed by atoms with Crippen molar-refractivity contribution in [2.45, 2.75) is 30.9 Å². The van der Waals surface area contributed by atoms with Crippen molar-refractivity contribution in [2.75, 3.05) is 19.3 Å². The van der Waals surface area contributed by atoms with E-state index in [0.717, 1.165) is 12.1 Å². The van der Waals surface area contributed by atoms with Crippen molar-refractivity contribution < 1.29 is 9.52 Å². The lowest BCUT2D eigenvalue weighted by atomic mass is 10.0. The molecular weight excluding hydrogens is 449 g/mol. The van der Waals surface area contributed by atoms with Crippen LogP contribution in [0.1, 0.15) is 25.2 Å². The van der Waals surface area contributed by atoms with Crippen molar-refractivity contribution in [3.8, 4) is 0 Å². The number of nitrogens with one attached hydrogen (secondary N) is 2. The Morgan fingerprint density at radius 2 is 1.96 bits per heavy atom. The van der Waals surface area contributed by atoms with Gasteiger partial charge in [0, 0.05) is 11.4 Å². The average Bonchev–Trinajstić information content (AvgIpc) is 3.13. The molecule has 1 unspecified atom stereocenters. The molecule has 2 rings (SSSR count). The van der Waals surface area contributed by atoms with Crippen molar-refractivity contribution in [2.24, 2.45) is 4.99 Å². The number of rotatable bonds is 7. The maximum atomic E-state index is 10.5. The molecule has 3 N–H and O–H groups in total. The Morgan fingerprint density at radius 3 is 2.52 bits per heavy atom. The number of nitrogens with zero attached hydrogens (tertiary/aromatic N) is 1. The first-order chi connectivity index (χ1) is 11.5. The van der Waals surface area contributed by atoms with Gasteiger partial charge in [0.15, 0.2) is 5.96 Å². The summed E-state index contributed by atoms with van der Waals surface area (Å²) in [5, 5.41) is 16.8. The highest BCUT2D eigenvalue weighted by atomic mass is 127. The molecule has 0 radical (unpaired) electrons. The Balaban J connectivity index is 0.00000312. The molecule has 25 heavy (non-hydrogen) atoms. The third-order valence-corrected chi connectivity index (χ3v) is 4.32. The number of aliphatic hydroxyl groups is 1. The van der Waals surface area contributed by atoms with E-state index in [1.165, 1.54) is 4.90 Å². The molecule has 2 aromatic rings. The summed E-state index contributed by atoms with van der Waals surface area (Å²) in [5.41, 5.74) is 0.0439. The zero-order chi connectivity index (χ0) is 17.4. The molecule has 1 atom stereocenters. The van der Waals surface area contributed by atoms with Gasteiger partial charge in [0.05, 0.1) is 19.4 Å². The summed E-state index contributed by atoms with van der Waals surface area (Å²) < 4.78 is 5.29. The highest BCUT2D eigenvalue weighted by Gasteiger charge is 2.26. The number of furan rings is 1. The van der Waals surface area contributed by atoms with E-state index in [-0.39, 0.29) is 24.0 Å². The van der Waals surface area contributed by atoms with Crippen molar-refractivity contribution in [1.82, 2.24) is 10.6 Å². The lowest BCUT2D eigenvalue weighted by Crippen LogP contribution is -2.44. The molecule has 0 fully saturated rings. The number of hydrogen-bond acceptors (Lipinski definition) is 4. The zero-order valence-corrected chi connectivity index (χ0v) is 17.9. The molecule has 7 heteroatoms. The summed E-state index contributed by atoms with van der Waals surface area (Å²) >= 11 is 1.72. The van der Waals surface area contributed by atoms with E-state index < -0.39 is 5.60 Å². The van der Waals surface area contributed by atoms with E-state index in [4.69, 9.17) is 4.42 Å². The molecule has 0 aliphatic carbocycles.